The van der Waals surface area contributed by atoms with Gasteiger partial charge in [-0.15, -0.1) is 0 Å². The molecule has 0 saturated heterocycles. The van der Waals surface area contributed by atoms with E-state index in [9.17, 15) is 15.0 Å². The number of carbonyl (C=O) groups is 1. The van der Waals surface area contributed by atoms with Gasteiger partial charge in [0.15, 0.2) is 0 Å². The highest BCUT2D eigenvalue weighted by atomic mass is 16.7. The van der Waals surface area contributed by atoms with Crippen molar-refractivity contribution in [2.45, 2.75) is 62.9 Å². The normalized spacial score (nSPS) is 27.2. The summed E-state index contributed by atoms with van der Waals surface area (Å²) >= 11 is 0. The molecule has 2 unspecified atom stereocenters. The van der Waals surface area contributed by atoms with Crippen molar-refractivity contribution in [1.82, 2.24) is 0 Å². The zero-order valence-corrected chi connectivity index (χ0v) is 16.5. The molecule has 2 aliphatic rings. The number of carboxylic acids is 1. The molecule has 7 N–H and O–H groups in total. The molecule has 160 valence electrons. The van der Waals surface area contributed by atoms with Crippen LogP contribution >= 0.6 is 0 Å². The van der Waals surface area contributed by atoms with E-state index in [2.05, 4.69) is 4.99 Å². The maximum absolute atomic E-state index is 11.5. The number of carboxylic acid groups (broad SMARTS) is 1. The molecule has 0 aromatic heterocycles. The van der Waals surface area contributed by atoms with Crippen LogP contribution in [0, 0.1) is 5.92 Å². The van der Waals surface area contributed by atoms with Crippen LogP contribution in [0.5, 0.6) is 5.75 Å². The van der Waals surface area contributed by atoms with Crippen molar-refractivity contribution in [2.24, 2.45) is 22.5 Å². The summed E-state index contributed by atoms with van der Waals surface area (Å²) in [7, 11) is 0. The van der Waals surface area contributed by atoms with Gasteiger partial charge >= 0.3 is 5.97 Å². The van der Waals surface area contributed by atoms with Gasteiger partial charge in [-0.2, -0.15) is 0 Å². The number of aliphatic carboxylic acids is 1. The molecule has 1 saturated carbocycles. The Morgan fingerprint density at radius 2 is 2.17 bits per heavy atom. The number of aliphatic hydroxyl groups is 2. The van der Waals surface area contributed by atoms with Crippen LogP contribution in [-0.2, 0) is 16.1 Å². The Morgan fingerprint density at radius 3 is 2.79 bits per heavy atom. The molecule has 1 fully saturated rings. The molecule has 1 aromatic rings. The summed E-state index contributed by atoms with van der Waals surface area (Å²) in [6.45, 7) is 1.18. The van der Waals surface area contributed by atoms with E-state index in [0.29, 0.717) is 36.8 Å². The first-order valence-corrected chi connectivity index (χ1v) is 9.80. The lowest BCUT2D eigenvalue weighted by Crippen LogP contribution is -2.54. The molecule has 0 amide bonds. The van der Waals surface area contributed by atoms with Crippen LogP contribution in [-0.4, -0.2) is 57.6 Å². The summed E-state index contributed by atoms with van der Waals surface area (Å²) in [5.41, 5.74) is 6.27. The summed E-state index contributed by atoms with van der Waals surface area (Å²) in [5.74, 6) is 5.43. The van der Waals surface area contributed by atoms with Crippen molar-refractivity contribution in [2.75, 3.05) is 6.61 Å². The first-order chi connectivity index (χ1) is 13.8. The van der Waals surface area contributed by atoms with Crippen molar-refractivity contribution in [1.29, 1.82) is 0 Å². The van der Waals surface area contributed by atoms with Gasteiger partial charge < -0.3 is 25.8 Å². The molecule has 3 rings (SSSR count). The fourth-order valence-corrected chi connectivity index (χ4v) is 3.93. The Kier molecular flexibility index (Phi) is 6.42. The summed E-state index contributed by atoms with van der Waals surface area (Å²) in [4.78, 5) is 20.8. The third kappa shape index (κ3) is 4.53. The number of hydrogen-bond acceptors (Lipinski definition) is 7. The number of aliphatic hydroxyl groups excluding tert-OH is 2. The molecule has 1 aliphatic carbocycles. The molecule has 3 atom stereocenters. The number of amidine groups is 1. The van der Waals surface area contributed by atoms with E-state index < -0.39 is 23.8 Å². The summed E-state index contributed by atoms with van der Waals surface area (Å²) in [5, 5.41) is 27.8. The first-order valence-electron chi connectivity index (χ1n) is 9.80. The minimum atomic E-state index is -1.62. The molecule has 0 radical (unpaired) electrons. The van der Waals surface area contributed by atoms with E-state index in [1.165, 1.54) is 6.92 Å². The van der Waals surface area contributed by atoms with Gasteiger partial charge in [0, 0.05) is 5.56 Å². The SMILES string of the molecule is C[C@@](ON)(C(=O)O)C1CCc2cc(C(N)=NC3CC(CC(O)CO)C3)ccc2O1. The Labute approximate surface area is 169 Å². The zero-order chi connectivity index (χ0) is 21.2. The highest BCUT2D eigenvalue weighted by Crippen LogP contribution is 2.35. The average Bonchev–Trinajstić information content (AvgIpc) is 2.70. The Balaban J connectivity index is 1.64. The third-order valence-corrected chi connectivity index (χ3v) is 5.93. The van der Waals surface area contributed by atoms with Crippen molar-refractivity contribution in [3.8, 4) is 5.75 Å². The lowest BCUT2D eigenvalue weighted by molar-refractivity contribution is -0.179. The number of hydrogen-bond donors (Lipinski definition) is 5. The number of fused-ring (bicyclic) bond motifs is 1. The molecule has 9 heteroatoms. The van der Waals surface area contributed by atoms with Crippen LogP contribution in [0.15, 0.2) is 23.2 Å². The number of nitrogens with zero attached hydrogens (tertiary/aromatic N) is 1. The highest BCUT2D eigenvalue weighted by molar-refractivity contribution is 5.98. The van der Waals surface area contributed by atoms with Crippen molar-refractivity contribution >= 4 is 11.8 Å². The van der Waals surface area contributed by atoms with Crippen molar-refractivity contribution < 1.29 is 29.7 Å². The standard InChI is InChI=1S/C20H29N3O6/c1-20(29-22,19(26)27)17-5-3-12-9-13(2-4-16(12)28-17)18(21)23-14-6-11(7-14)8-15(25)10-24/h2,4,9,11,14-15,17,24-25H,3,5-8,10,22H2,1H3,(H2,21,23)(H,26,27)/t11?,14?,15?,17?,20-/m0/s1. The number of aliphatic imine (C=N–C) groups is 1. The van der Waals surface area contributed by atoms with Gasteiger partial charge in [0.1, 0.15) is 17.7 Å². The van der Waals surface area contributed by atoms with Crippen molar-refractivity contribution in [3.63, 3.8) is 0 Å². The van der Waals surface area contributed by atoms with Crippen LogP contribution in [0.25, 0.3) is 0 Å². The second-order valence-corrected chi connectivity index (χ2v) is 8.08. The summed E-state index contributed by atoms with van der Waals surface area (Å²) in [6.07, 6.45) is 1.97. The van der Waals surface area contributed by atoms with Crippen LogP contribution in [0.1, 0.15) is 43.7 Å². The maximum atomic E-state index is 11.5. The number of benzene rings is 1. The summed E-state index contributed by atoms with van der Waals surface area (Å²) < 4.78 is 5.85. The van der Waals surface area contributed by atoms with E-state index in [1.54, 1.807) is 12.1 Å². The molecular weight excluding hydrogens is 378 g/mol. The number of aryl methyl sites for hydroxylation is 1. The van der Waals surface area contributed by atoms with Gasteiger partial charge in [0.2, 0.25) is 5.60 Å². The fourth-order valence-electron chi connectivity index (χ4n) is 3.93. The molecule has 0 bridgehead atoms. The summed E-state index contributed by atoms with van der Waals surface area (Å²) in [6, 6.07) is 5.60. The van der Waals surface area contributed by atoms with Gasteiger partial charge in [-0.25, -0.2) is 10.7 Å². The smallest absolute Gasteiger partial charge is 0.341 e. The van der Waals surface area contributed by atoms with E-state index >= 15 is 0 Å². The molecule has 0 spiro atoms. The number of nitrogens with two attached hydrogens (primary N) is 2. The van der Waals surface area contributed by atoms with Crippen LogP contribution in [0.2, 0.25) is 0 Å². The molecular formula is C20H29N3O6. The fraction of sp³-hybridized carbons (Fsp3) is 0.600. The van der Waals surface area contributed by atoms with E-state index in [4.69, 9.17) is 26.3 Å². The van der Waals surface area contributed by atoms with Crippen LogP contribution < -0.4 is 16.4 Å². The van der Waals surface area contributed by atoms with Gasteiger partial charge in [0.25, 0.3) is 0 Å². The Morgan fingerprint density at radius 1 is 1.45 bits per heavy atom. The zero-order valence-electron chi connectivity index (χ0n) is 16.5. The maximum Gasteiger partial charge on any atom is 0.341 e. The molecule has 29 heavy (non-hydrogen) atoms. The Hall–Kier alpha value is -2.20. The predicted octanol–water partition coefficient (Wildman–Crippen LogP) is 0.341. The van der Waals surface area contributed by atoms with Crippen molar-refractivity contribution in [3.05, 3.63) is 29.3 Å². The van der Waals surface area contributed by atoms with Crippen LogP contribution in [0.4, 0.5) is 0 Å². The third-order valence-electron chi connectivity index (χ3n) is 5.93. The monoisotopic (exact) mass is 407 g/mol. The van der Waals surface area contributed by atoms with Gasteiger partial charge in [-0.3, -0.25) is 9.83 Å². The minimum Gasteiger partial charge on any atom is -0.486 e. The predicted molar refractivity (Wildman–Crippen MR) is 105 cm³/mol. The number of ether oxygens (including phenoxy) is 1. The minimum absolute atomic E-state index is 0.125. The van der Waals surface area contributed by atoms with Crippen LogP contribution in [0.3, 0.4) is 0 Å². The van der Waals surface area contributed by atoms with E-state index in [1.807, 2.05) is 6.07 Å². The van der Waals surface area contributed by atoms with E-state index in [0.717, 1.165) is 24.0 Å². The lowest BCUT2D eigenvalue weighted by atomic mass is 9.77. The second kappa shape index (κ2) is 8.66. The largest absolute Gasteiger partial charge is 0.486 e. The average molecular weight is 407 g/mol. The first kappa shape index (κ1) is 21.5. The molecule has 1 heterocycles. The lowest BCUT2D eigenvalue weighted by Gasteiger charge is -2.35. The number of rotatable bonds is 8. The quantitative estimate of drug-likeness (QED) is 0.234. The highest BCUT2D eigenvalue weighted by Gasteiger charge is 2.46. The molecule has 1 aliphatic heterocycles. The molecule has 9 nitrogen and oxygen atoms in total. The van der Waals surface area contributed by atoms with Gasteiger partial charge in [-0.05, 0) is 68.7 Å². The van der Waals surface area contributed by atoms with Gasteiger partial charge in [-0.1, -0.05) is 0 Å². The molecule has 1 aromatic carbocycles. The second-order valence-electron chi connectivity index (χ2n) is 8.08. The Bertz CT molecular complexity index is 779. The van der Waals surface area contributed by atoms with E-state index in [-0.39, 0.29) is 12.6 Å². The topological polar surface area (TPSA) is 161 Å². The van der Waals surface area contributed by atoms with Gasteiger partial charge in [0.05, 0.1) is 18.8 Å².